The van der Waals surface area contributed by atoms with E-state index in [1.165, 1.54) is 11.1 Å². The zero-order valence-electron chi connectivity index (χ0n) is 12.9. The second-order valence-electron chi connectivity index (χ2n) is 6.08. The molecule has 1 saturated heterocycles. The van der Waals surface area contributed by atoms with Crippen LogP contribution in [-0.2, 0) is 6.42 Å². The van der Waals surface area contributed by atoms with Crippen molar-refractivity contribution in [2.75, 3.05) is 13.1 Å². The van der Waals surface area contributed by atoms with Crippen LogP contribution in [-0.4, -0.2) is 43.5 Å². The highest BCUT2D eigenvalue weighted by atomic mass is 16.2. The van der Waals surface area contributed by atoms with Gasteiger partial charge in [-0.25, -0.2) is 4.98 Å². The topological polar surface area (TPSA) is 63.4 Å². The van der Waals surface area contributed by atoms with E-state index in [1.807, 2.05) is 4.90 Å². The van der Waals surface area contributed by atoms with Crippen molar-refractivity contribution in [1.82, 2.24) is 24.5 Å². The molecule has 6 heteroatoms. The average Bonchev–Trinajstić information content (AvgIpc) is 2.99. The van der Waals surface area contributed by atoms with Crippen molar-refractivity contribution in [3.05, 3.63) is 59.8 Å². The minimum absolute atomic E-state index is 0.0263. The number of aromatic nitrogens is 4. The Labute approximate surface area is 133 Å². The summed E-state index contributed by atoms with van der Waals surface area (Å²) in [6.45, 7) is 3.71. The summed E-state index contributed by atoms with van der Waals surface area (Å²) in [6, 6.07) is 8.43. The molecule has 3 heterocycles. The Hall–Kier alpha value is -2.76. The van der Waals surface area contributed by atoms with E-state index in [1.54, 1.807) is 23.1 Å². The van der Waals surface area contributed by atoms with Crippen molar-refractivity contribution in [3.63, 3.8) is 0 Å². The first-order valence-corrected chi connectivity index (χ1v) is 7.70. The molecule has 1 aliphatic rings. The van der Waals surface area contributed by atoms with Gasteiger partial charge in [-0.05, 0) is 30.4 Å². The molecule has 0 radical (unpaired) electrons. The van der Waals surface area contributed by atoms with E-state index in [-0.39, 0.29) is 5.91 Å². The Bertz CT molecular complexity index is 866. The second kappa shape index (κ2) is 5.46. The van der Waals surface area contributed by atoms with E-state index in [4.69, 9.17) is 0 Å². The van der Waals surface area contributed by atoms with Gasteiger partial charge in [0.1, 0.15) is 12.0 Å². The van der Waals surface area contributed by atoms with Gasteiger partial charge in [-0.15, -0.1) is 10.2 Å². The van der Waals surface area contributed by atoms with Gasteiger partial charge >= 0.3 is 0 Å². The van der Waals surface area contributed by atoms with Crippen molar-refractivity contribution in [3.8, 4) is 0 Å². The molecule has 4 rings (SSSR count). The molecule has 1 aliphatic heterocycles. The molecule has 1 amide bonds. The lowest BCUT2D eigenvalue weighted by Crippen LogP contribution is -2.51. The van der Waals surface area contributed by atoms with Gasteiger partial charge in [0.05, 0.1) is 6.20 Å². The maximum Gasteiger partial charge on any atom is 0.274 e. The van der Waals surface area contributed by atoms with E-state index in [0.717, 1.165) is 19.5 Å². The van der Waals surface area contributed by atoms with E-state index in [0.29, 0.717) is 17.3 Å². The van der Waals surface area contributed by atoms with Gasteiger partial charge in [-0.2, -0.15) is 0 Å². The number of amides is 1. The summed E-state index contributed by atoms with van der Waals surface area (Å²) >= 11 is 0. The molecule has 0 N–H and O–H groups in total. The van der Waals surface area contributed by atoms with Crippen LogP contribution in [0.1, 0.15) is 21.6 Å². The fraction of sp³-hybridized carbons (Fsp3) is 0.294. The Morgan fingerprint density at radius 1 is 1.30 bits per heavy atom. The number of likely N-dealkylation sites (tertiary alicyclic amines) is 1. The SMILES string of the molecule is Cc1ccccc1CC1CN(C(=O)c2cn3cnnc3cn2)C1. The number of carbonyl (C=O) groups excluding carboxylic acids is 1. The number of aryl methyl sites for hydroxylation is 1. The van der Waals surface area contributed by atoms with Gasteiger partial charge < -0.3 is 4.90 Å². The highest BCUT2D eigenvalue weighted by molar-refractivity contribution is 5.92. The van der Waals surface area contributed by atoms with Crippen LogP contribution in [0, 0.1) is 12.8 Å². The molecule has 1 aromatic carbocycles. The van der Waals surface area contributed by atoms with Crippen LogP contribution in [0.3, 0.4) is 0 Å². The fourth-order valence-electron chi connectivity index (χ4n) is 3.02. The molecule has 116 valence electrons. The predicted octanol–water partition coefficient (Wildman–Crippen LogP) is 1.75. The minimum Gasteiger partial charge on any atom is -0.337 e. The molecular formula is C17H17N5O. The predicted molar refractivity (Wildman–Crippen MR) is 85.1 cm³/mol. The van der Waals surface area contributed by atoms with Crippen LogP contribution in [0.15, 0.2) is 43.0 Å². The minimum atomic E-state index is -0.0263. The summed E-state index contributed by atoms with van der Waals surface area (Å²) in [5.74, 6) is 0.500. The summed E-state index contributed by atoms with van der Waals surface area (Å²) in [7, 11) is 0. The summed E-state index contributed by atoms with van der Waals surface area (Å²) in [4.78, 5) is 18.5. The van der Waals surface area contributed by atoms with Crippen LogP contribution >= 0.6 is 0 Å². The van der Waals surface area contributed by atoms with E-state index >= 15 is 0 Å². The summed E-state index contributed by atoms with van der Waals surface area (Å²) in [5, 5.41) is 7.69. The van der Waals surface area contributed by atoms with Gasteiger partial charge in [0, 0.05) is 19.3 Å². The Morgan fingerprint density at radius 3 is 2.96 bits per heavy atom. The van der Waals surface area contributed by atoms with E-state index < -0.39 is 0 Å². The Morgan fingerprint density at radius 2 is 2.13 bits per heavy atom. The number of rotatable bonds is 3. The third-order valence-electron chi connectivity index (χ3n) is 4.41. The zero-order chi connectivity index (χ0) is 15.8. The first-order valence-electron chi connectivity index (χ1n) is 7.70. The number of nitrogens with zero attached hydrogens (tertiary/aromatic N) is 5. The monoisotopic (exact) mass is 307 g/mol. The second-order valence-corrected chi connectivity index (χ2v) is 6.08. The van der Waals surface area contributed by atoms with Gasteiger partial charge in [-0.1, -0.05) is 24.3 Å². The first-order chi connectivity index (χ1) is 11.2. The lowest BCUT2D eigenvalue weighted by atomic mass is 9.90. The molecular weight excluding hydrogens is 290 g/mol. The number of fused-ring (bicyclic) bond motifs is 1. The molecule has 0 atom stereocenters. The largest absolute Gasteiger partial charge is 0.337 e. The molecule has 3 aromatic rings. The van der Waals surface area contributed by atoms with Crippen molar-refractivity contribution < 1.29 is 4.79 Å². The number of benzene rings is 1. The van der Waals surface area contributed by atoms with Crippen LogP contribution in [0.25, 0.3) is 5.65 Å². The van der Waals surface area contributed by atoms with Crippen LogP contribution in [0.4, 0.5) is 0 Å². The lowest BCUT2D eigenvalue weighted by molar-refractivity contribution is 0.0494. The molecule has 2 aromatic heterocycles. The molecule has 0 bridgehead atoms. The average molecular weight is 307 g/mol. The molecule has 23 heavy (non-hydrogen) atoms. The summed E-state index contributed by atoms with van der Waals surface area (Å²) < 4.78 is 1.71. The van der Waals surface area contributed by atoms with Crippen molar-refractivity contribution >= 4 is 11.6 Å². The molecule has 6 nitrogen and oxygen atoms in total. The van der Waals surface area contributed by atoms with Crippen LogP contribution in [0.5, 0.6) is 0 Å². The van der Waals surface area contributed by atoms with Gasteiger partial charge in [0.15, 0.2) is 5.65 Å². The highest BCUT2D eigenvalue weighted by Gasteiger charge is 2.32. The number of carbonyl (C=O) groups is 1. The number of hydrogen-bond acceptors (Lipinski definition) is 4. The standard InChI is InChI=1S/C17H17N5O/c1-12-4-2-3-5-14(12)6-13-8-21(9-13)17(23)15-10-22-11-19-20-16(22)7-18-15/h2-5,7,10-11,13H,6,8-9H2,1H3. The van der Waals surface area contributed by atoms with Crippen LogP contribution < -0.4 is 0 Å². The third-order valence-corrected chi connectivity index (χ3v) is 4.41. The fourth-order valence-corrected chi connectivity index (χ4v) is 3.02. The van der Waals surface area contributed by atoms with Gasteiger partial charge in [-0.3, -0.25) is 9.20 Å². The smallest absolute Gasteiger partial charge is 0.274 e. The Balaban J connectivity index is 1.41. The molecule has 0 spiro atoms. The van der Waals surface area contributed by atoms with E-state index in [9.17, 15) is 4.79 Å². The number of hydrogen-bond donors (Lipinski definition) is 0. The maximum atomic E-state index is 12.5. The Kier molecular flexibility index (Phi) is 3.29. The third kappa shape index (κ3) is 2.56. The maximum absolute atomic E-state index is 12.5. The normalized spacial score (nSPS) is 14.9. The quantitative estimate of drug-likeness (QED) is 0.739. The van der Waals surface area contributed by atoms with Crippen molar-refractivity contribution in [2.45, 2.75) is 13.3 Å². The van der Waals surface area contributed by atoms with Gasteiger partial charge in [0.2, 0.25) is 0 Å². The summed E-state index contributed by atoms with van der Waals surface area (Å²) in [5.41, 5.74) is 3.76. The summed E-state index contributed by atoms with van der Waals surface area (Å²) in [6.07, 6.45) is 5.86. The van der Waals surface area contributed by atoms with Gasteiger partial charge in [0.25, 0.3) is 5.91 Å². The highest BCUT2D eigenvalue weighted by Crippen LogP contribution is 2.23. The first kappa shape index (κ1) is 13.9. The molecule has 0 unspecified atom stereocenters. The van der Waals surface area contributed by atoms with E-state index in [2.05, 4.69) is 46.4 Å². The van der Waals surface area contributed by atoms with Crippen molar-refractivity contribution in [1.29, 1.82) is 0 Å². The lowest BCUT2D eigenvalue weighted by Gasteiger charge is -2.39. The van der Waals surface area contributed by atoms with Crippen molar-refractivity contribution in [2.24, 2.45) is 5.92 Å². The molecule has 1 fully saturated rings. The molecule has 0 saturated carbocycles. The van der Waals surface area contributed by atoms with Crippen LogP contribution in [0.2, 0.25) is 0 Å². The molecule has 0 aliphatic carbocycles. The zero-order valence-corrected chi connectivity index (χ0v) is 12.9.